The summed E-state index contributed by atoms with van der Waals surface area (Å²) in [6, 6.07) is 60.9. The average molecular weight is 1500 g/mol. The Morgan fingerprint density at radius 3 is 0.907 bits per heavy atom. The molecule has 0 saturated carbocycles. The molecular weight excluding hydrogens is 1320 g/mol. The second-order valence-electron chi connectivity index (χ2n) is 25.9. The summed E-state index contributed by atoms with van der Waals surface area (Å²) in [5, 5.41) is 15.9. The number of fused-ring (bicyclic) bond motifs is 4. The maximum Gasteiger partial charge on any atom is 0.161 e. The third kappa shape index (κ3) is 88.3. The van der Waals surface area contributed by atoms with Gasteiger partial charge in [-0.05, 0) is 130 Å². The van der Waals surface area contributed by atoms with Gasteiger partial charge in [0.2, 0.25) is 0 Å². The SMILES string of the molecule is CC.CC.CC.CC.CC.CC.CC.CC.CC(C)C.CC(C)C.CC(C)C.CC(C)C.CC(C)C.CC(C)C.CC(C)n1cccc1.CC(C)n1ncc2ccccc21.Cn1cccn1.Cn1ncc2ccccc21.c1ccc2c(c1)OCCO2.c1ccc2ncccc2c1.c1ccccc1.c1ccncc1. The monoisotopic (exact) mass is 1490 g/mol. The van der Waals surface area contributed by atoms with Crippen LogP contribution in [-0.2, 0) is 14.1 Å². The number of nitrogens with zero attached hydrogens (tertiary/aromatic N) is 9. The van der Waals surface area contributed by atoms with Crippen molar-refractivity contribution in [2.45, 2.75) is 275 Å². The molecule has 11 nitrogen and oxygen atoms in total. The Bertz CT molecular complexity index is 3040. The molecule has 11 aromatic rings. The lowest BCUT2D eigenvalue weighted by Crippen LogP contribution is -2.14. The summed E-state index contributed by atoms with van der Waals surface area (Å²) < 4.78 is 18.4. The first-order valence-corrected chi connectivity index (χ1v) is 41.0. The molecule has 11 heteroatoms. The molecule has 0 aliphatic carbocycles. The molecule has 12 rings (SSSR count). The lowest BCUT2D eigenvalue weighted by Gasteiger charge is -2.17. The van der Waals surface area contributed by atoms with E-state index < -0.39 is 0 Å². The molecular formula is C97H171N9O2. The van der Waals surface area contributed by atoms with Gasteiger partial charge in [0.25, 0.3) is 0 Å². The van der Waals surface area contributed by atoms with Crippen molar-refractivity contribution < 1.29 is 9.47 Å². The second-order valence-corrected chi connectivity index (χ2v) is 25.9. The van der Waals surface area contributed by atoms with Gasteiger partial charge < -0.3 is 14.0 Å². The average Bonchev–Trinajstić information content (AvgIpc) is 1.72. The van der Waals surface area contributed by atoms with E-state index in [1.54, 1.807) is 23.3 Å². The van der Waals surface area contributed by atoms with Gasteiger partial charge in [-0.1, -0.05) is 351 Å². The number of rotatable bonds is 2. The van der Waals surface area contributed by atoms with E-state index in [9.17, 15) is 0 Å². The molecule has 0 saturated heterocycles. The highest BCUT2D eigenvalue weighted by Crippen LogP contribution is 2.28. The molecule has 0 bridgehead atoms. The van der Waals surface area contributed by atoms with Crippen LogP contribution < -0.4 is 9.47 Å². The number of pyridine rings is 2. The zero-order chi connectivity index (χ0) is 85.5. The smallest absolute Gasteiger partial charge is 0.161 e. The van der Waals surface area contributed by atoms with Gasteiger partial charge in [0.15, 0.2) is 11.5 Å². The first-order chi connectivity index (χ1) is 51.7. The van der Waals surface area contributed by atoms with Crippen LogP contribution >= 0.6 is 0 Å². The number of ether oxygens (including phenoxy) is 2. The highest BCUT2D eigenvalue weighted by Gasteiger charge is 2.08. The Hall–Kier alpha value is -8.31. The van der Waals surface area contributed by atoms with Crippen molar-refractivity contribution in [3.8, 4) is 11.5 Å². The van der Waals surface area contributed by atoms with E-state index in [1.807, 2.05) is 305 Å². The molecule has 5 aromatic carbocycles. The second kappa shape index (κ2) is 94.8. The fraction of sp³-hybridized carbons (Fsp3) is 0.515. The third-order valence-electron chi connectivity index (χ3n) is 9.70. The summed E-state index contributed by atoms with van der Waals surface area (Å²) in [4.78, 5) is 7.97. The van der Waals surface area contributed by atoms with Crippen LogP contribution in [0.15, 0.2) is 238 Å². The van der Waals surface area contributed by atoms with Crippen molar-refractivity contribution in [3.63, 3.8) is 0 Å². The van der Waals surface area contributed by atoms with Crippen LogP contribution in [0.25, 0.3) is 32.7 Å². The predicted octanol–water partition coefficient (Wildman–Crippen LogP) is 31.3. The van der Waals surface area contributed by atoms with Crippen LogP contribution in [0.3, 0.4) is 0 Å². The molecule has 0 N–H and O–H groups in total. The van der Waals surface area contributed by atoms with Crippen LogP contribution in [0.1, 0.15) is 275 Å². The molecule has 0 amide bonds. The Kier molecular flexibility index (Phi) is 106. The van der Waals surface area contributed by atoms with E-state index in [0.29, 0.717) is 25.3 Å². The van der Waals surface area contributed by atoms with Gasteiger partial charge in [-0.2, -0.15) is 15.3 Å². The largest absolute Gasteiger partial charge is 0.486 e. The fourth-order valence-electron chi connectivity index (χ4n) is 6.25. The summed E-state index contributed by atoms with van der Waals surface area (Å²) in [5.41, 5.74) is 3.46. The summed E-state index contributed by atoms with van der Waals surface area (Å²) in [6.07, 6.45) is 16.9. The van der Waals surface area contributed by atoms with Crippen molar-refractivity contribution in [2.75, 3.05) is 13.2 Å². The summed E-state index contributed by atoms with van der Waals surface area (Å²) in [6.45, 7) is 80.9. The standard InChI is InChI=1S/C10H12N2.C9H7N.C8H8N2.C8H8O2.C7H11N.C6H6.C5H5N.C4H6N2.6C4H10.8C2H6/c1-8(2)12-10-6-4-3-5-9(10)7-11-12;1-2-6-9-8(4-1)5-3-7-10-9;1-10-8-5-3-2-4-7(8)6-9-10;1-2-4-8-7(3-1)9-5-6-10-8;1-7(2)8-5-3-4-6-8;2*1-2-4-6-5-3-1;1-6-4-2-3-5-6;6*1-4(2)3;8*1-2/h3-8H,1-2H3;1-7H;2-6H,1H3;1-4H,5-6H2;3-7H,1-2H3;1-6H;1-5H;2-4H,1H3;6*4H,1-3H3;8*1-2H3. The van der Waals surface area contributed by atoms with Gasteiger partial charge in [-0.25, -0.2) is 0 Å². The summed E-state index contributed by atoms with van der Waals surface area (Å²) >= 11 is 0. The highest BCUT2D eigenvalue weighted by atomic mass is 16.6. The molecule has 6 aromatic heterocycles. The predicted molar refractivity (Wildman–Crippen MR) is 493 cm³/mol. The minimum atomic E-state index is 0.435. The first kappa shape index (κ1) is 121. The minimum Gasteiger partial charge on any atom is -0.486 e. The molecule has 0 fully saturated rings. The van der Waals surface area contributed by atoms with Gasteiger partial charge in [0.1, 0.15) is 13.2 Å². The van der Waals surface area contributed by atoms with Crippen LogP contribution in [0.4, 0.5) is 0 Å². The zero-order valence-electron chi connectivity index (χ0n) is 77.4. The maximum absolute atomic E-state index is 5.30. The molecule has 616 valence electrons. The normalized spacial score (nSPS) is 9.11. The molecule has 1 aliphatic heterocycles. The fourth-order valence-corrected chi connectivity index (χ4v) is 6.25. The maximum atomic E-state index is 5.30. The van der Waals surface area contributed by atoms with Gasteiger partial charge in [-0.3, -0.25) is 24.0 Å². The lowest BCUT2D eigenvalue weighted by molar-refractivity contribution is 0.171. The van der Waals surface area contributed by atoms with Crippen molar-refractivity contribution in [1.29, 1.82) is 0 Å². The summed E-state index contributed by atoms with van der Waals surface area (Å²) in [7, 11) is 3.84. The number of para-hydroxylation sites is 5. The Labute approximate surface area is 669 Å². The molecule has 0 radical (unpaired) electrons. The van der Waals surface area contributed by atoms with E-state index in [2.05, 4.69) is 231 Å². The van der Waals surface area contributed by atoms with Crippen LogP contribution in [0, 0.1) is 35.5 Å². The third-order valence-corrected chi connectivity index (χ3v) is 9.70. The van der Waals surface area contributed by atoms with Gasteiger partial charge in [0.05, 0.1) is 28.9 Å². The van der Waals surface area contributed by atoms with E-state index in [4.69, 9.17) is 9.47 Å². The van der Waals surface area contributed by atoms with E-state index >= 15 is 0 Å². The van der Waals surface area contributed by atoms with Gasteiger partial charge in [-0.15, -0.1) is 0 Å². The van der Waals surface area contributed by atoms with Crippen LogP contribution in [0.2, 0.25) is 0 Å². The minimum absolute atomic E-state index is 0.435. The lowest BCUT2D eigenvalue weighted by atomic mass is 10.2. The first-order valence-electron chi connectivity index (χ1n) is 41.0. The van der Waals surface area contributed by atoms with Crippen LogP contribution in [0.5, 0.6) is 11.5 Å². The topological polar surface area (TPSA) is 103 Å². The molecule has 0 atom stereocenters. The number of aromatic nitrogens is 9. The molecule has 0 spiro atoms. The Balaban J connectivity index is -0.000000120. The van der Waals surface area contributed by atoms with Crippen molar-refractivity contribution in [2.24, 2.45) is 49.6 Å². The number of hydrogen-bond acceptors (Lipinski definition) is 7. The van der Waals surface area contributed by atoms with Crippen molar-refractivity contribution >= 4 is 32.7 Å². The molecule has 108 heavy (non-hydrogen) atoms. The quantitative estimate of drug-likeness (QED) is 0.170. The summed E-state index contributed by atoms with van der Waals surface area (Å²) in [5.74, 6) is 6.71. The highest BCUT2D eigenvalue weighted by molar-refractivity contribution is 5.79. The van der Waals surface area contributed by atoms with E-state index in [0.717, 1.165) is 52.5 Å². The van der Waals surface area contributed by atoms with Crippen molar-refractivity contribution in [1.82, 2.24) is 43.9 Å². The van der Waals surface area contributed by atoms with E-state index in [1.165, 1.54) is 27.2 Å². The number of aryl methyl sites for hydroxylation is 2. The van der Waals surface area contributed by atoms with Crippen LogP contribution in [-0.4, -0.2) is 57.1 Å². The Morgan fingerprint density at radius 2 is 0.611 bits per heavy atom. The van der Waals surface area contributed by atoms with Gasteiger partial charge >= 0.3 is 0 Å². The Morgan fingerprint density at radius 1 is 0.287 bits per heavy atom. The number of benzene rings is 5. The molecule has 1 aliphatic rings. The zero-order valence-corrected chi connectivity index (χ0v) is 77.4. The molecule has 0 unspecified atom stereocenters. The molecule has 7 heterocycles. The number of hydrogen-bond donors (Lipinski definition) is 0. The van der Waals surface area contributed by atoms with Crippen molar-refractivity contribution in [3.05, 3.63) is 238 Å². The van der Waals surface area contributed by atoms with Gasteiger partial charge in [0, 0.05) is 85.7 Å². The van der Waals surface area contributed by atoms with E-state index in [-0.39, 0.29) is 0 Å².